The lowest BCUT2D eigenvalue weighted by molar-refractivity contribution is 0.523. The van der Waals surface area contributed by atoms with Crippen molar-refractivity contribution in [3.8, 4) is 0 Å². The van der Waals surface area contributed by atoms with Crippen LogP contribution in [-0.2, 0) is 0 Å². The summed E-state index contributed by atoms with van der Waals surface area (Å²) >= 11 is 0. The van der Waals surface area contributed by atoms with Crippen LogP contribution in [0.2, 0.25) is 24.2 Å². The molecule has 0 rings (SSSR count). The predicted molar refractivity (Wildman–Crippen MR) is 140 cm³/mol. The Bertz CT molecular complexity index is 286. The van der Waals surface area contributed by atoms with Crippen LogP contribution in [0, 0.1) is 6.92 Å². The second-order valence-electron chi connectivity index (χ2n) is 9.88. The van der Waals surface area contributed by atoms with E-state index in [1.165, 1.54) is 140 Å². The quantitative estimate of drug-likeness (QED) is 0.107. The fourth-order valence-corrected chi connectivity index (χ4v) is 8.52. The SMILES string of the molecule is [CH2]CCCCCCCCCCCCCCCCCCCCC[Si](CC)(CC)CC. The number of hydrogen-bond acceptors (Lipinski definition) is 0. The van der Waals surface area contributed by atoms with Crippen LogP contribution in [0.4, 0.5) is 0 Å². The third kappa shape index (κ3) is 18.7. The molecule has 0 atom stereocenters. The van der Waals surface area contributed by atoms with Crippen LogP contribution >= 0.6 is 0 Å². The zero-order chi connectivity index (χ0) is 21.5. The normalized spacial score (nSPS) is 12.0. The van der Waals surface area contributed by atoms with Crippen LogP contribution in [0.25, 0.3) is 0 Å². The summed E-state index contributed by atoms with van der Waals surface area (Å²) in [7, 11) is -0.833. The first-order valence-corrected chi connectivity index (χ1v) is 16.9. The Hall–Kier alpha value is 0.217. The Labute approximate surface area is 188 Å². The van der Waals surface area contributed by atoms with Gasteiger partial charge in [-0.1, -0.05) is 180 Å². The van der Waals surface area contributed by atoms with Crippen LogP contribution in [0.3, 0.4) is 0 Å². The van der Waals surface area contributed by atoms with Gasteiger partial charge in [-0.2, -0.15) is 0 Å². The Morgan fingerprint density at radius 3 is 0.862 bits per heavy atom. The lowest BCUT2D eigenvalue weighted by atomic mass is 10.0. The van der Waals surface area contributed by atoms with Crippen molar-refractivity contribution >= 4 is 8.07 Å². The van der Waals surface area contributed by atoms with Crippen molar-refractivity contribution in [3.63, 3.8) is 0 Å². The number of hydrogen-bond donors (Lipinski definition) is 0. The highest BCUT2D eigenvalue weighted by Crippen LogP contribution is 2.27. The van der Waals surface area contributed by atoms with Gasteiger partial charge in [0.2, 0.25) is 0 Å². The van der Waals surface area contributed by atoms with Crippen LogP contribution in [0.5, 0.6) is 0 Å². The molecule has 0 unspecified atom stereocenters. The van der Waals surface area contributed by atoms with Gasteiger partial charge in [-0.05, 0) is 0 Å². The van der Waals surface area contributed by atoms with Crippen LogP contribution < -0.4 is 0 Å². The van der Waals surface area contributed by atoms with E-state index >= 15 is 0 Å². The van der Waals surface area contributed by atoms with E-state index in [0.29, 0.717) is 0 Å². The van der Waals surface area contributed by atoms with Gasteiger partial charge in [0.1, 0.15) is 0 Å². The molecular formula is C28H59Si. The van der Waals surface area contributed by atoms with Crippen LogP contribution in [0.15, 0.2) is 0 Å². The first-order valence-electron chi connectivity index (χ1n) is 14.0. The maximum Gasteiger partial charge on any atom is 0.0527 e. The second-order valence-corrected chi connectivity index (χ2v) is 15.5. The van der Waals surface area contributed by atoms with Crippen molar-refractivity contribution in [2.75, 3.05) is 0 Å². The van der Waals surface area contributed by atoms with Gasteiger partial charge in [-0.15, -0.1) is 0 Å². The van der Waals surface area contributed by atoms with Crippen molar-refractivity contribution in [1.29, 1.82) is 0 Å². The summed E-state index contributed by atoms with van der Waals surface area (Å²) < 4.78 is 0. The Morgan fingerprint density at radius 2 is 0.621 bits per heavy atom. The van der Waals surface area contributed by atoms with Gasteiger partial charge in [0.05, 0.1) is 8.07 Å². The lowest BCUT2D eigenvalue weighted by Crippen LogP contribution is -2.30. The Kier molecular flexibility index (Phi) is 23.1. The molecule has 0 aliphatic carbocycles. The molecule has 0 aromatic heterocycles. The topological polar surface area (TPSA) is 0 Å². The largest absolute Gasteiger partial charge is 0.0678 e. The van der Waals surface area contributed by atoms with Gasteiger partial charge in [0, 0.05) is 0 Å². The molecule has 0 amide bonds. The monoisotopic (exact) mass is 423 g/mol. The molecule has 0 saturated heterocycles. The molecule has 0 aliphatic rings. The van der Waals surface area contributed by atoms with E-state index in [9.17, 15) is 0 Å². The minimum atomic E-state index is -0.833. The first-order chi connectivity index (χ1) is 14.2. The molecule has 175 valence electrons. The van der Waals surface area contributed by atoms with E-state index in [-0.39, 0.29) is 0 Å². The highest BCUT2D eigenvalue weighted by Gasteiger charge is 2.25. The molecule has 0 bridgehead atoms. The van der Waals surface area contributed by atoms with Crippen molar-refractivity contribution in [2.24, 2.45) is 0 Å². The fraction of sp³-hybridized carbons (Fsp3) is 0.964. The van der Waals surface area contributed by atoms with E-state index in [1.807, 2.05) is 0 Å². The molecule has 1 heteroatoms. The van der Waals surface area contributed by atoms with Crippen molar-refractivity contribution in [1.82, 2.24) is 0 Å². The first kappa shape index (κ1) is 29.2. The summed E-state index contributed by atoms with van der Waals surface area (Å²) in [4.78, 5) is 0. The molecule has 1 radical (unpaired) electrons. The summed E-state index contributed by atoms with van der Waals surface area (Å²) in [5.41, 5.74) is 0. The minimum absolute atomic E-state index is 0.833. The third-order valence-corrected chi connectivity index (χ3v) is 13.6. The van der Waals surface area contributed by atoms with E-state index in [4.69, 9.17) is 0 Å². The second kappa shape index (κ2) is 22.9. The standard InChI is InChI=1S/C28H59Si/c1-5-9-10-11-12-13-14-15-16-17-18-19-20-21-22-23-24-25-26-27-28-29(6-2,7-3)8-4/h1,5-28H2,2-4H3. The number of rotatable bonds is 24. The molecule has 0 fully saturated rings. The number of unbranched alkanes of at least 4 members (excludes halogenated alkanes) is 19. The maximum absolute atomic E-state index is 3.92. The Morgan fingerprint density at radius 1 is 0.379 bits per heavy atom. The lowest BCUT2D eigenvalue weighted by Gasteiger charge is -2.28. The highest BCUT2D eigenvalue weighted by atomic mass is 28.3. The molecule has 0 aromatic rings. The van der Waals surface area contributed by atoms with Crippen LogP contribution in [0.1, 0.15) is 149 Å². The molecular weight excluding hydrogens is 364 g/mol. The molecule has 0 saturated carbocycles. The highest BCUT2D eigenvalue weighted by molar-refractivity contribution is 6.79. The molecule has 0 spiro atoms. The predicted octanol–water partition coefficient (Wildman–Crippen LogP) is 11.1. The summed E-state index contributed by atoms with van der Waals surface area (Å²) in [5, 5.41) is 0. The fourth-order valence-electron chi connectivity index (χ4n) is 4.96. The molecule has 29 heavy (non-hydrogen) atoms. The van der Waals surface area contributed by atoms with Gasteiger partial charge < -0.3 is 0 Å². The average molecular weight is 424 g/mol. The third-order valence-electron chi connectivity index (χ3n) is 7.71. The molecule has 0 aliphatic heterocycles. The van der Waals surface area contributed by atoms with Crippen molar-refractivity contribution in [2.45, 2.75) is 173 Å². The summed E-state index contributed by atoms with van der Waals surface area (Å²) in [6, 6.07) is 6.14. The zero-order valence-corrected chi connectivity index (χ0v) is 22.2. The zero-order valence-electron chi connectivity index (χ0n) is 21.2. The van der Waals surface area contributed by atoms with Gasteiger partial charge in [-0.3, -0.25) is 0 Å². The van der Waals surface area contributed by atoms with Gasteiger partial charge in [-0.25, -0.2) is 0 Å². The van der Waals surface area contributed by atoms with E-state index in [0.717, 1.165) is 6.42 Å². The van der Waals surface area contributed by atoms with E-state index in [2.05, 4.69) is 27.7 Å². The summed E-state index contributed by atoms with van der Waals surface area (Å²) in [5.74, 6) is 0. The maximum atomic E-state index is 3.92. The average Bonchev–Trinajstić information content (AvgIpc) is 2.75. The summed E-state index contributed by atoms with van der Waals surface area (Å²) in [6.45, 7) is 11.3. The summed E-state index contributed by atoms with van der Waals surface area (Å²) in [6.07, 6.45) is 29.1. The molecule has 0 aromatic carbocycles. The molecule has 0 heterocycles. The minimum Gasteiger partial charge on any atom is -0.0678 e. The van der Waals surface area contributed by atoms with E-state index in [1.54, 1.807) is 6.04 Å². The van der Waals surface area contributed by atoms with Gasteiger partial charge in [0.25, 0.3) is 0 Å². The van der Waals surface area contributed by atoms with Crippen LogP contribution in [-0.4, -0.2) is 8.07 Å². The molecule has 0 N–H and O–H groups in total. The van der Waals surface area contributed by atoms with Crippen molar-refractivity contribution < 1.29 is 0 Å². The van der Waals surface area contributed by atoms with Crippen molar-refractivity contribution in [3.05, 3.63) is 6.92 Å². The Balaban J connectivity index is 3.17. The van der Waals surface area contributed by atoms with Gasteiger partial charge in [0.15, 0.2) is 0 Å². The van der Waals surface area contributed by atoms with Gasteiger partial charge >= 0.3 is 0 Å². The molecule has 0 nitrogen and oxygen atoms in total. The smallest absolute Gasteiger partial charge is 0.0527 e. The van der Waals surface area contributed by atoms with E-state index < -0.39 is 8.07 Å².